The number of rotatable bonds is 2. The minimum absolute atomic E-state index is 0. The van der Waals surface area contributed by atoms with Crippen LogP contribution in [0, 0.1) is 5.82 Å². The SMILES string of the molecule is Cl.N[C@@H](c1cccs1)c1cc(Cl)ccc1F. The number of nitrogens with two attached hydrogens (primary N) is 1. The molecule has 0 spiro atoms. The molecule has 0 amide bonds. The van der Waals surface area contributed by atoms with Gasteiger partial charge in [-0.15, -0.1) is 23.7 Å². The maximum atomic E-state index is 13.5. The summed E-state index contributed by atoms with van der Waals surface area (Å²) in [6.45, 7) is 0. The van der Waals surface area contributed by atoms with Crippen LogP contribution in [0.1, 0.15) is 16.5 Å². The van der Waals surface area contributed by atoms with E-state index in [0.29, 0.717) is 10.6 Å². The molecular weight excluding hydrogens is 268 g/mol. The molecule has 0 aliphatic heterocycles. The lowest BCUT2D eigenvalue weighted by Gasteiger charge is -2.11. The second-order valence-electron chi connectivity index (χ2n) is 3.16. The van der Waals surface area contributed by atoms with E-state index in [-0.39, 0.29) is 18.2 Å². The summed E-state index contributed by atoms with van der Waals surface area (Å²) in [6, 6.07) is 7.76. The monoisotopic (exact) mass is 277 g/mol. The lowest BCUT2D eigenvalue weighted by Crippen LogP contribution is -2.12. The second-order valence-corrected chi connectivity index (χ2v) is 4.57. The van der Waals surface area contributed by atoms with Crippen molar-refractivity contribution < 1.29 is 4.39 Å². The zero-order valence-corrected chi connectivity index (χ0v) is 10.6. The predicted octanol–water partition coefficient (Wildman–Crippen LogP) is 4.01. The fourth-order valence-corrected chi connectivity index (χ4v) is 2.30. The molecule has 0 bridgehead atoms. The van der Waals surface area contributed by atoms with Gasteiger partial charge in [-0.2, -0.15) is 0 Å². The Kier molecular flexibility index (Phi) is 4.74. The van der Waals surface area contributed by atoms with Gasteiger partial charge in [-0.1, -0.05) is 17.7 Å². The van der Waals surface area contributed by atoms with Crippen molar-refractivity contribution in [3.05, 3.63) is 57.0 Å². The Hall–Kier alpha value is -0.610. The largest absolute Gasteiger partial charge is 0.320 e. The molecule has 2 N–H and O–H groups in total. The Morgan fingerprint density at radius 3 is 2.69 bits per heavy atom. The number of benzene rings is 1. The maximum absolute atomic E-state index is 13.5. The van der Waals surface area contributed by atoms with Gasteiger partial charge in [-0.05, 0) is 29.6 Å². The predicted molar refractivity (Wildman–Crippen MR) is 69.0 cm³/mol. The Bertz CT molecular complexity index is 459. The van der Waals surface area contributed by atoms with Crippen molar-refractivity contribution in [2.45, 2.75) is 6.04 Å². The van der Waals surface area contributed by atoms with Gasteiger partial charge in [0.05, 0.1) is 6.04 Å². The molecule has 1 atom stereocenters. The summed E-state index contributed by atoms with van der Waals surface area (Å²) in [5.74, 6) is -0.319. The van der Waals surface area contributed by atoms with Gasteiger partial charge in [-0.3, -0.25) is 0 Å². The molecule has 1 heterocycles. The normalized spacial score (nSPS) is 11.9. The maximum Gasteiger partial charge on any atom is 0.128 e. The molecule has 1 aromatic heterocycles. The highest BCUT2D eigenvalue weighted by molar-refractivity contribution is 7.10. The Morgan fingerprint density at radius 1 is 1.31 bits per heavy atom. The van der Waals surface area contributed by atoms with Crippen molar-refractivity contribution in [2.75, 3.05) is 0 Å². The fraction of sp³-hybridized carbons (Fsp3) is 0.0909. The van der Waals surface area contributed by atoms with Crippen LogP contribution < -0.4 is 5.73 Å². The van der Waals surface area contributed by atoms with Crippen molar-refractivity contribution in [1.82, 2.24) is 0 Å². The molecule has 0 unspecified atom stereocenters. The van der Waals surface area contributed by atoms with E-state index in [0.717, 1.165) is 4.88 Å². The van der Waals surface area contributed by atoms with Crippen molar-refractivity contribution in [3.63, 3.8) is 0 Å². The zero-order chi connectivity index (χ0) is 10.8. The average Bonchev–Trinajstić information content (AvgIpc) is 2.74. The van der Waals surface area contributed by atoms with Crippen LogP contribution in [0.4, 0.5) is 4.39 Å². The number of halogens is 3. The first-order chi connectivity index (χ1) is 7.18. The molecule has 0 aliphatic carbocycles. The third kappa shape index (κ3) is 2.74. The molecular formula is C11H10Cl2FNS. The van der Waals surface area contributed by atoms with Gasteiger partial charge in [-0.25, -0.2) is 4.39 Å². The van der Waals surface area contributed by atoms with E-state index in [1.165, 1.54) is 23.5 Å². The first-order valence-electron chi connectivity index (χ1n) is 4.42. The summed E-state index contributed by atoms with van der Waals surface area (Å²) in [5, 5.41) is 2.41. The Labute approximate surface area is 108 Å². The van der Waals surface area contributed by atoms with Gasteiger partial charge in [0.15, 0.2) is 0 Å². The lowest BCUT2D eigenvalue weighted by molar-refractivity contribution is 0.601. The molecule has 86 valence electrons. The van der Waals surface area contributed by atoms with Crippen molar-refractivity contribution in [3.8, 4) is 0 Å². The van der Waals surface area contributed by atoms with Crippen LogP contribution in [0.25, 0.3) is 0 Å². The molecule has 0 saturated carbocycles. The summed E-state index contributed by atoms with van der Waals surface area (Å²) in [7, 11) is 0. The number of hydrogen-bond acceptors (Lipinski definition) is 2. The van der Waals surface area contributed by atoms with E-state index >= 15 is 0 Å². The van der Waals surface area contributed by atoms with Crippen molar-refractivity contribution in [2.24, 2.45) is 5.73 Å². The molecule has 0 saturated heterocycles. The number of hydrogen-bond donors (Lipinski definition) is 1. The standard InChI is InChI=1S/C11H9ClFNS.ClH/c12-7-3-4-9(13)8(6-7)11(14)10-2-1-5-15-10;/h1-6,11H,14H2;1H/t11-;/m1./s1. The minimum atomic E-state index is -0.441. The van der Waals surface area contributed by atoms with Gasteiger partial charge < -0.3 is 5.73 Å². The molecule has 5 heteroatoms. The highest BCUT2D eigenvalue weighted by Crippen LogP contribution is 2.27. The topological polar surface area (TPSA) is 26.0 Å². The molecule has 2 rings (SSSR count). The third-order valence-electron chi connectivity index (χ3n) is 2.14. The fourth-order valence-electron chi connectivity index (χ4n) is 1.37. The van der Waals surface area contributed by atoms with Crippen LogP contribution in [0.3, 0.4) is 0 Å². The Morgan fingerprint density at radius 2 is 2.06 bits per heavy atom. The highest BCUT2D eigenvalue weighted by Gasteiger charge is 2.14. The molecule has 0 aliphatic rings. The van der Waals surface area contributed by atoms with Gasteiger partial charge in [0, 0.05) is 15.5 Å². The van der Waals surface area contributed by atoms with E-state index in [1.807, 2.05) is 17.5 Å². The average molecular weight is 278 g/mol. The molecule has 0 fully saturated rings. The molecule has 1 aromatic carbocycles. The Balaban J connectivity index is 0.00000128. The first-order valence-corrected chi connectivity index (χ1v) is 5.68. The highest BCUT2D eigenvalue weighted by atomic mass is 35.5. The first kappa shape index (κ1) is 13.5. The lowest BCUT2D eigenvalue weighted by atomic mass is 10.1. The van der Waals surface area contributed by atoms with Gasteiger partial charge in [0.1, 0.15) is 5.82 Å². The van der Waals surface area contributed by atoms with Gasteiger partial charge in [0.25, 0.3) is 0 Å². The zero-order valence-electron chi connectivity index (χ0n) is 8.19. The van der Waals surface area contributed by atoms with E-state index in [9.17, 15) is 4.39 Å². The van der Waals surface area contributed by atoms with Crippen LogP contribution >= 0.6 is 35.3 Å². The summed E-state index contributed by atoms with van der Waals surface area (Å²) < 4.78 is 13.5. The minimum Gasteiger partial charge on any atom is -0.320 e. The smallest absolute Gasteiger partial charge is 0.128 e. The van der Waals surface area contributed by atoms with E-state index in [2.05, 4.69) is 0 Å². The third-order valence-corrected chi connectivity index (χ3v) is 3.33. The summed E-state index contributed by atoms with van der Waals surface area (Å²) in [4.78, 5) is 0.927. The van der Waals surface area contributed by atoms with Crippen LogP contribution in [-0.2, 0) is 0 Å². The van der Waals surface area contributed by atoms with E-state index in [1.54, 1.807) is 6.07 Å². The molecule has 16 heavy (non-hydrogen) atoms. The van der Waals surface area contributed by atoms with Crippen LogP contribution in [0.5, 0.6) is 0 Å². The van der Waals surface area contributed by atoms with Crippen molar-refractivity contribution >= 4 is 35.3 Å². The van der Waals surface area contributed by atoms with Gasteiger partial charge >= 0.3 is 0 Å². The molecule has 2 aromatic rings. The number of thiophene rings is 1. The van der Waals surface area contributed by atoms with E-state index < -0.39 is 6.04 Å². The quantitative estimate of drug-likeness (QED) is 0.882. The van der Waals surface area contributed by atoms with E-state index in [4.69, 9.17) is 17.3 Å². The summed E-state index contributed by atoms with van der Waals surface area (Å²) in [6.07, 6.45) is 0. The van der Waals surface area contributed by atoms with Gasteiger partial charge in [0.2, 0.25) is 0 Å². The van der Waals surface area contributed by atoms with Crippen LogP contribution in [-0.4, -0.2) is 0 Å². The molecule has 1 nitrogen and oxygen atoms in total. The second kappa shape index (κ2) is 5.64. The molecule has 0 radical (unpaired) electrons. The van der Waals surface area contributed by atoms with Crippen LogP contribution in [0.15, 0.2) is 35.7 Å². The van der Waals surface area contributed by atoms with Crippen LogP contribution in [0.2, 0.25) is 5.02 Å². The summed E-state index contributed by atoms with van der Waals surface area (Å²) in [5.41, 5.74) is 6.38. The summed E-state index contributed by atoms with van der Waals surface area (Å²) >= 11 is 7.31. The van der Waals surface area contributed by atoms with Crippen molar-refractivity contribution in [1.29, 1.82) is 0 Å².